The third-order valence-corrected chi connectivity index (χ3v) is 1.21. The zero-order valence-electron chi connectivity index (χ0n) is 7.62. The molecule has 0 amide bonds. The van der Waals surface area contributed by atoms with E-state index in [1.54, 1.807) is 0 Å². The molecule has 0 heterocycles. The fourth-order valence-corrected chi connectivity index (χ4v) is 0.677. The van der Waals surface area contributed by atoms with Gasteiger partial charge in [-0.2, -0.15) is 0 Å². The summed E-state index contributed by atoms with van der Waals surface area (Å²) < 4.78 is -1.39. The maximum atomic E-state index is 4.93. The smallest absolute Gasteiger partial charge is 0.125 e. The number of alkyl halides is 3. The van der Waals surface area contributed by atoms with Gasteiger partial charge in [0.2, 0.25) is 3.12 Å². The van der Waals surface area contributed by atoms with E-state index in [1.165, 1.54) is 32.1 Å². The molecule has 0 aliphatic carbocycles. The van der Waals surface area contributed by atoms with Crippen LogP contribution in [0.1, 0.15) is 46.0 Å². The van der Waals surface area contributed by atoms with Crippen LogP contribution in [0.5, 0.6) is 0 Å². The number of unbranched alkanes of at least 4 members (excludes halogenated alkanes) is 4. The minimum atomic E-state index is -1.39. The van der Waals surface area contributed by atoms with Gasteiger partial charge in [-0.25, -0.2) is 0 Å². The van der Waals surface area contributed by atoms with Crippen LogP contribution >= 0.6 is 47.4 Å². The Morgan fingerprint density at radius 1 is 0.917 bits per heavy atom. The van der Waals surface area contributed by atoms with Gasteiger partial charge in [-0.05, 0) is 0 Å². The second kappa shape index (κ2) is 10.3. The number of hydrogen-bond acceptors (Lipinski definition) is 1. The summed E-state index contributed by atoms with van der Waals surface area (Å²) in [4.78, 5) is 0. The topological polar surface area (TPSA) is 0 Å². The Bertz CT molecular complexity index is 70.9. The van der Waals surface area contributed by atoms with Crippen LogP contribution in [0.25, 0.3) is 0 Å². The van der Waals surface area contributed by atoms with E-state index in [0.29, 0.717) is 0 Å². The largest absolute Gasteiger partial charge is 0.234 e. The molecular weight excluding hydrogens is 235 g/mol. The van der Waals surface area contributed by atoms with E-state index in [9.17, 15) is 0 Å². The Balaban J connectivity index is 0. The molecule has 0 aromatic heterocycles. The summed E-state index contributed by atoms with van der Waals surface area (Å²) in [6, 6.07) is 0. The highest BCUT2D eigenvalue weighted by atomic mass is 35.6. The first-order valence-electron chi connectivity index (χ1n) is 4.20. The Kier molecular flexibility index (Phi) is 13.5. The molecule has 0 aromatic carbocycles. The number of rotatable bonds is 4. The van der Waals surface area contributed by atoms with Gasteiger partial charge in [0.25, 0.3) is 0 Å². The molecule has 0 rings (SSSR count). The molecule has 0 bridgehead atoms. The molecule has 0 atom stereocenters. The van der Waals surface area contributed by atoms with Crippen molar-refractivity contribution >= 4 is 47.4 Å². The standard InChI is InChI=1S/C7H16.CHCl3S/c1-3-5-7-6-4-2;2-1(3,4)5/h3-7H2,1-2H3;5H. The van der Waals surface area contributed by atoms with Crippen LogP contribution in [0.3, 0.4) is 0 Å². The van der Waals surface area contributed by atoms with Gasteiger partial charge in [-0.3, -0.25) is 0 Å². The predicted molar refractivity (Wildman–Crippen MR) is 63.7 cm³/mol. The zero-order chi connectivity index (χ0) is 10.0. The molecule has 0 radical (unpaired) electrons. The SMILES string of the molecule is CCCCCCC.SC(Cl)(Cl)Cl. The highest BCUT2D eigenvalue weighted by Gasteiger charge is 2.08. The Morgan fingerprint density at radius 3 is 1.33 bits per heavy atom. The lowest BCUT2D eigenvalue weighted by Crippen LogP contribution is -1.81. The summed E-state index contributed by atoms with van der Waals surface area (Å²) in [7, 11) is 0. The highest BCUT2D eigenvalue weighted by molar-refractivity contribution is 7.87. The van der Waals surface area contributed by atoms with Crippen molar-refractivity contribution in [2.45, 2.75) is 49.1 Å². The van der Waals surface area contributed by atoms with Crippen molar-refractivity contribution in [1.82, 2.24) is 0 Å². The first-order valence-corrected chi connectivity index (χ1v) is 5.79. The second-order valence-corrected chi connectivity index (χ2v) is 6.27. The molecule has 0 nitrogen and oxygen atoms in total. The molecule has 0 spiro atoms. The van der Waals surface area contributed by atoms with Gasteiger partial charge in [0.1, 0.15) is 0 Å². The van der Waals surface area contributed by atoms with Crippen LogP contribution < -0.4 is 0 Å². The van der Waals surface area contributed by atoms with Crippen LogP contribution in [-0.4, -0.2) is 3.12 Å². The van der Waals surface area contributed by atoms with E-state index in [4.69, 9.17) is 34.8 Å². The average Bonchev–Trinajstić information content (AvgIpc) is 1.85. The minimum Gasteiger partial charge on any atom is -0.125 e. The fraction of sp³-hybridized carbons (Fsp3) is 1.00. The van der Waals surface area contributed by atoms with E-state index >= 15 is 0 Å². The summed E-state index contributed by atoms with van der Waals surface area (Å²) in [5.74, 6) is 0. The lowest BCUT2D eigenvalue weighted by molar-refractivity contribution is 0.656. The van der Waals surface area contributed by atoms with Gasteiger partial charge < -0.3 is 0 Å². The zero-order valence-corrected chi connectivity index (χ0v) is 10.8. The van der Waals surface area contributed by atoms with Crippen molar-refractivity contribution in [2.75, 3.05) is 0 Å². The Labute approximate surface area is 96.4 Å². The monoisotopic (exact) mass is 250 g/mol. The molecule has 0 aliphatic heterocycles. The molecule has 0 aliphatic rings. The average molecular weight is 252 g/mol. The summed E-state index contributed by atoms with van der Waals surface area (Å²) in [5.41, 5.74) is 0. The van der Waals surface area contributed by atoms with Gasteiger partial charge in [-0.1, -0.05) is 80.8 Å². The van der Waals surface area contributed by atoms with Gasteiger partial charge in [0.05, 0.1) is 0 Å². The summed E-state index contributed by atoms with van der Waals surface area (Å²) in [5, 5.41) is 0. The summed E-state index contributed by atoms with van der Waals surface area (Å²) in [6.07, 6.45) is 7.01. The number of halogens is 3. The summed E-state index contributed by atoms with van der Waals surface area (Å²) in [6.45, 7) is 4.49. The molecule has 0 aromatic rings. The molecule has 12 heavy (non-hydrogen) atoms. The second-order valence-electron chi connectivity index (χ2n) is 2.53. The van der Waals surface area contributed by atoms with Crippen LogP contribution in [0, 0.1) is 0 Å². The molecule has 76 valence electrons. The first kappa shape index (κ1) is 15.7. The normalized spacial score (nSPS) is 10.5. The van der Waals surface area contributed by atoms with Crippen molar-refractivity contribution in [3.63, 3.8) is 0 Å². The Hall–Kier alpha value is 1.22. The van der Waals surface area contributed by atoms with Crippen LogP contribution in [-0.2, 0) is 0 Å². The van der Waals surface area contributed by atoms with Crippen LogP contribution in [0.15, 0.2) is 0 Å². The van der Waals surface area contributed by atoms with E-state index in [1.807, 2.05) is 0 Å². The van der Waals surface area contributed by atoms with Crippen molar-refractivity contribution in [2.24, 2.45) is 0 Å². The maximum Gasteiger partial charge on any atom is 0.234 e. The van der Waals surface area contributed by atoms with E-state index in [-0.39, 0.29) is 0 Å². The maximum absolute atomic E-state index is 4.93. The van der Waals surface area contributed by atoms with E-state index < -0.39 is 3.12 Å². The lowest BCUT2D eigenvalue weighted by Gasteiger charge is -1.93. The highest BCUT2D eigenvalue weighted by Crippen LogP contribution is 2.29. The van der Waals surface area contributed by atoms with Crippen molar-refractivity contribution in [3.05, 3.63) is 0 Å². The summed E-state index contributed by atoms with van der Waals surface area (Å²) >= 11 is 18.2. The molecule has 0 unspecified atom stereocenters. The van der Waals surface area contributed by atoms with Gasteiger partial charge in [0, 0.05) is 0 Å². The van der Waals surface area contributed by atoms with E-state index in [2.05, 4.69) is 26.5 Å². The van der Waals surface area contributed by atoms with E-state index in [0.717, 1.165) is 0 Å². The number of thiol groups is 1. The molecule has 0 fully saturated rings. The molecular formula is C8H17Cl3S. The van der Waals surface area contributed by atoms with Gasteiger partial charge in [-0.15, -0.1) is 12.6 Å². The van der Waals surface area contributed by atoms with Crippen LogP contribution in [0.2, 0.25) is 0 Å². The van der Waals surface area contributed by atoms with Gasteiger partial charge in [0.15, 0.2) is 0 Å². The third kappa shape index (κ3) is 43.0. The predicted octanol–water partition coefficient (Wildman–Crippen LogP) is 5.22. The third-order valence-electron chi connectivity index (χ3n) is 1.21. The molecule has 0 saturated carbocycles. The molecule has 0 N–H and O–H groups in total. The van der Waals surface area contributed by atoms with Gasteiger partial charge >= 0.3 is 0 Å². The van der Waals surface area contributed by atoms with Crippen molar-refractivity contribution in [1.29, 1.82) is 0 Å². The first-order chi connectivity index (χ1) is 5.41. The van der Waals surface area contributed by atoms with Crippen LogP contribution in [0.4, 0.5) is 0 Å². The Morgan fingerprint density at radius 2 is 1.17 bits per heavy atom. The molecule has 0 saturated heterocycles. The van der Waals surface area contributed by atoms with Crippen molar-refractivity contribution in [3.8, 4) is 0 Å². The number of hydrogen-bond donors (Lipinski definition) is 1. The quantitative estimate of drug-likeness (QED) is 0.395. The molecule has 4 heteroatoms. The lowest BCUT2D eigenvalue weighted by atomic mass is 10.2. The fourth-order valence-electron chi connectivity index (χ4n) is 0.677. The minimum absolute atomic E-state index is 1.36. The van der Waals surface area contributed by atoms with Crippen molar-refractivity contribution < 1.29 is 0 Å².